The Morgan fingerprint density at radius 3 is 2.55 bits per heavy atom. The summed E-state index contributed by atoms with van der Waals surface area (Å²) in [5.41, 5.74) is 1.71. The zero-order valence-corrected chi connectivity index (χ0v) is 19.5. The van der Waals surface area contributed by atoms with E-state index in [0.717, 1.165) is 17.4 Å². The maximum Gasteiger partial charge on any atom is 0.416 e. The van der Waals surface area contributed by atoms with Crippen LogP contribution in [0.25, 0.3) is 0 Å². The summed E-state index contributed by atoms with van der Waals surface area (Å²) in [4.78, 5) is 19.5. The molecule has 2 aliphatic rings. The van der Waals surface area contributed by atoms with Gasteiger partial charge in [0.1, 0.15) is 0 Å². The summed E-state index contributed by atoms with van der Waals surface area (Å²) in [6, 6.07) is 11.3. The number of rotatable bonds is 5. The van der Waals surface area contributed by atoms with Crippen molar-refractivity contribution >= 4 is 28.9 Å². The van der Waals surface area contributed by atoms with Crippen molar-refractivity contribution in [3.63, 3.8) is 0 Å². The predicted octanol–water partition coefficient (Wildman–Crippen LogP) is 3.90. The fourth-order valence-electron chi connectivity index (χ4n) is 4.72. The molecule has 1 fully saturated rings. The Bertz CT molecular complexity index is 996. The van der Waals surface area contributed by atoms with Crippen LogP contribution in [-0.2, 0) is 17.4 Å². The molecule has 2 aromatic rings. The molecule has 2 aliphatic heterocycles. The smallest absolute Gasteiger partial charge is 0.368 e. The minimum atomic E-state index is -4.41. The summed E-state index contributed by atoms with van der Waals surface area (Å²) in [5, 5.41) is 3.64. The van der Waals surface area contributed by atoms with Gasteiger partial charge in [-0.1, -0.05) is 11.6 Å². The van der Waals surface area contributed by atoms with Gasteiger partial charge in [-0.3, -0.25) is 4.79 Å². The molecule has 0 spiro atoms. The molecule has 5 nitrogen and oxygen atoms in total. The molecule has 178 valence electrons. The highest BCUT2D eigenvalue weighted by Gasteiger charge is 2.42. The van der Waals surface area contributed by atoms with E-state index in [0.29, 0.717) is 43.3 Å². The van der Waals surface area contributed by atoms with Crippen molar-refractivity contribution in [3.8, 4) is 0 Å². The Hall–Kier alpha value is -2.45. The molecule has 0 bridgehead atoms. The summed E-state index contributed by atoms with van der Waals surface area (Å²) in [6.07, 6.45) is -4.13. The molecule has 2 atom stereocenters. The molecule has 0 aliphatic carbocycles. The molecule has 1 amide bonds. The number of likely N-dealkylation sites (N-methyl/N-ethyl adjacent to an activating group) is 1. The third kappa shape index (κ3) is 5.22. The fourth-order valence-corrected chi connectivity index (χ4v) is 4.85. The Balaban J connectivity index is 1.63. The second-order valence-corrected chi connectivity index (χ2v) is 9.37. The van der Waals surface area contributed by atoms with E-state index in [9.17, 15) is 18.0 Å². The van der Waals surface area contributed by atoms with Crippen LogP contribution in [0.4, 0.5) is 24.5 Å². The number of fused-ring (bicyclic) bond motifs is 3. The van der Waals surface area contributed by atoms with Gasteiger partial charge in [0, 0.05) is 49.1 Å². The van der Waals surface area contributed by atoms with Crippen molar-refractivity contribution in [1.29, 1.82) is 0 Å². The highest BCUT2D eigenvalue weighted by molar-refractivity contribution is 6.30. The largest absolute Gasteiger partial charge is 0.416 e. The van der Waals surface area contributed by atoms with Gasteiger partial charge < -0.3 is 20.0 Å². The van der Waals surface area contributed by atoms with Gasteiger partial charge >= 0.3 is 6.18 Å². The summed E-state index contributed by atoms with van der Waals surface area (Å²) in [6.45, 7) is 3.11. The van der Waals surface area contributed by atoms with Crippen LogP contribution < -0.4 is 15.1 Å². The lowest BCUT2D eigenvalue weighted by molar-refractivity contribution is -0.137. The number of anilines is 2. The lowest BCUT2D eigenvalue weighted by atomic mass is 9.82. The predicted molar refractivity (Wildman–Crippen MR) is 125 cm³/mol. The summed E-state index contributed by atoms with van der Waals surface area (Å²) in [5.74, 6) is -0.564. The second-order valence-electron chi connectivity index (χ2n) is 8.93. The number of halogens is 4. The first-order valence-corrected chi connectivity index (χ1v) is 11.4. The average Bonchev–Trinajstić information content (AvgIpc) is 2.77. The Morgan fingerprint density at radius 2 is 1.88 bits per heavy atom. The number of nitrogens with zero attached hydrogens (tertiary/aromatic N) is 3. The maximum absolute atomic E-state index is 13.3. The molecule has 1 saturated heterocycles. The van der Waals surface area contributed by atoms with Gasteiger partial charge in [0.15, 0.2) is 0 Å². The SMILES string of the molecule is CN(C)CCNC(=O)[C@H]1Cc2cc(C(F)(F)F)ccc2N2CCN(c3ccc(Cl)cc3)C[C@H]12. The average molecular weight is 481 g/mol. The second kappa shape index (κ2) is 9.43. The normalized spacial score (nSPS) is 20.5. The molecule has 9 heteroatoms. The van der Waals surface area contributed by atoms with Crippen molar-refractivity contribution in [2.45, 2.75) is 18.6 Å². The third-order valence-corrected chi connectivity index (χ3v) is 6.68. The molecule has 0 radical (unpaired) electrons. The maximum atomic E-state index is 13.3. The quantitative estimate of drug-likeness (QED) is 0.704. The van der Waals surface area contributed by atoms with E-state index < -0.39 is 17.7 Å². The zero-order valence-electron chi connectivity index (χ0n) is 18.7. The van der Waals surface area contributed by atoms with Gasteiger partial charge in [0.05, 0.1) is 17.5 Å². The number of nitrogens with one attached hydrogen (secondary N) is 1. The first-order valence-electron chi connectivity index (χ1n) is 11.0. The number of hydrogen-bond acceptors (Lipinski definition) is 4. The Kier molecular flexibility index (Phi) is 6.77. The number of benzene rings is 2. The number of amides is 1. The monoisotopic (exact) mass is 480 g/mol. The van der Waals surface area contributed by atoms with Crippen LogP contribution in [0.1, 0.15) is 11.1 Å². The highest BCUT2D eigenvalue weighted by Crippen LogP contribution is 2.40. The van der Waals surface area contributed by atoms with Crippen LogP contribution in [0.15, 0.2) is 42.5 Å². The van der Waals surface area contributed by atoms with Crippen LogP contribution in [0.3, 0.4) is 0 Å². The summed E-state index contributed by atoms with van der Waals surface area (Å²) in [7, 11) is 3.85. The van der Waals surface area contributed by atoms with E-state index in [2.05, 4.69) is 15.1 Å². The van der Waals surface area contributed by atoms with E-state index in [-0.39, 0.29) is 18.4 Å². The van der Waals surface area contributed by atoms with E-state index in [4.69, 9.17) is 11.6 Å². The highest BCUT2D eigenvalue weighted by atomic mass is 35.5. The molecular formula is C24H28ClF3N4O. The van der Waals surface area contributed by atoms with Crippen LogP contribution >= 0.6 is 11.6 Å². The van der Waals surface area contributed by atoms with Gasteiger partial charge in [-0.25, -0.2) is 0 Å². The minimum Gasteiger partial charge on any atom is -0.368 e. The van der Waals surface area contributed by atoms with Gasteiger partial charge in [-0.05, 0) is 68.5 Å². The van der Waals surface area contributed by atoms with Crippen LogP contribution in [0.5, 0.6) is 0 Å². The number of alkyl halides is 3. The topological polar surface area (TPSA) is 38.8 Å². The van der Waals surface area contributed by atoms with Crippen molar-refractivity contribution in [2.75, 3.05) is 56.6 Å². The molecule has 2 heterocycles. The molecule has 33 heavy (non-hydrogen) atoms. The van der Waals surface area contributed by atoms with Gasteiger partial charge in [-0.15, -0.1) is 0 Å². The number of carbonyl (C=O) groups is 1. The number of carbonyl (C=O) groups excluding carboxylic acids is 1. The van der Waals surface area contributed by atoms with Gasteiger partial charge in [0.2, 0.25) is 5.91 Å². The molecule has 1 N–H and O–H groups in total. The molecular weight excluding hydrogens is 453 g/mol. The van der Waals surface area contributed by atoms with E-state index >= 15 is 0 Å². The van der Waals surface area contributed by atoms with E-state index in [1.165, 1.54) is 6.07 Å². The first kappa shape index (κ1) is 23.7. The molecule has 0 unspecified atom stereocenters. The summed E-state index contributed by atoms with van der Waals surface area (Å²) < 4.78 is 40.0. The van der Waals surface area contributed by atoms with E-state index in [1.807, 2.05) is 43.3 Å². The third-order valence-electron chi connectivity index (χ3n) is 6.43. The fraction of sp³-hybridized carbons (Fsp3) is 0.458. The standard InChI is InChI=1S/C24H28ClF3N4O/c1-30(2)10-9-29-23(33)20-14-16-13-17(24(26,27)28)3-8-21(16)32-12-11-31(15-22(20)32)19-6-4-18(25)5-7-19/h3-8,13,20,22H,9-12,14-15H2,1-2H3,(H,29,33)/t20-,22+/m0/s1. The van der Waals surface area contributed by atoms with Crippen molar-refractivity contribution in [1.82, 2.24) is 10.2 Å². The Morgan fingerprint density at radius 1 is 1.15 bits per heavy atom. The number of piperazine rings is 1. The minimum absolute atomic E-state index is 0.118. The lowest BCUT2D eigenvalue weighted by Gasteiger charge is -2.49. The van der Waals surface area contributed by atoms with Crippen LogP contribution in [-0.4, -0.2) is 63.7 Å². The Labute approximate surface area is 197 Å². The van der Waals surface area contributed by atoms with Crippen molar-refractivity contribution in [3.05, 3.63) is 58.6 Å². The van der Waals surface area contributed by atoms with Gasteiger partial charge in [0.25, 0.3) is 0 Å². The van der Waals surface area contributed by atoms with Crippen LogP contribution in [0, 0.1) is 5.92 Å². The van der Waals surface area contributed by atoms with Crippen molar-refractivity contribution in [2.24, 2.45) is 5.92 Å². The molecule has 4 rings (SSSR count). The molecule has 2 aromatic carbocycles. The molecule has 0 aromatic heterocycles. The van der Waals surface area contributed by atoms with Crippen molar-refractivity contribution < 1.29 is 18.0 Å². The summed E-state index contributed by atoms with van der Waals surface area (Å²) >= 11 is 6.03. The zero-order chi connectivity index (χ0) is 23.8. The number of hydrogen-bond donors (Lipinski definition) is 1. The molecule has 0 saturated carbocycles. The first-order chi connectivity index (χ1) is 15.6. The van der Waals surface area contributed by atoms with E-state index in [1.54, 1.807) is 6.07 Å². The lowest BCUT2D eigenvalue weighted by Crippen LogP contribution is -2.61. The van der Waals surface area contributed by atoms with Crippen LogP contribution in [0.2, 0.25) is 5.02 Å². The van der Waals surface area contributed by atoms with Gasteiger partial charge in [-0.2, -0.15) is 13.2 Å².